The molecule has 0 aromatic heterocycles. The molecule has 0 fully saturated rings. The number of ether oxygens (including phenoxy) is 3. The molecule has 0 saturated heterocycles. The number of benzene rings is 2. The first kappa shape index (κ1) is 15.5. The van der Waals surface area contributed by atoms with Crippen LogP contribution in [0.25, 0.3) is 0 Å². The predicted octanol–water partition coefficient (Wildman–Crippen LogP) is 3.28. The maximum atomic E-state index is 12.5. The van der Waals surface area contributed by atoms with Crippen LogP contribution in [0.4, 0.5) is 5.69 Å². The zero-order chi connectivity index (χ0) is 16.4. The van der Waals surface area contributed by atoms with Crippen molar-refractivity contribution in [3.63, 3.8) is 0 Å². The van der Waals surface area contributed by atoms with Crippen LogP contribution in [0.3, 0.4) is 0 Å². The molecule has 3 rings (SSSR count). The molecule has 23 heavy (non-hydrogen) atoms. The van der Waals surface area contributed by atoms with Crippen molar-refractivity contribution in [2.24, 2.45) is 0 Å². The van der Waals surface area contributed by atoms with Crippen molar-refractivity contribution < 1.29 is 19.0 Å². The Morgan fingerprint density at radius 2 is 1.78 bits per heavy atom. The highest BCUT2D eigenvalue weighted by Gasteiger charge is 2.24. The van der Waals surface area contributed by atoms with Crippen LogP contribution < -0.4 is 19.1 Å². The predicted molar refractivity (Wildman–Crippen MR) is 87.7 cm³/mol. The molecular weight excluding hydrogens is 318 g/mol. The summed E-state index contributed by atoms with van der Waals surface area (Å²) in [6, 6.07) is 10.7. The fourth-order valence-corrected chi connectivity index (χ4v) is 2.67. The number of anilines is 1. The number of rotatable bonds is 3. The fraction of sp³-hybridized carbons (Fsp3) is 0.235. The van der Waals surface area contributed by atoms with Crippen molar-refractivity contribution in [3.05, 3.63) is 47.0 Å². The van der Waals surface area contributed by atoms with Gasteiger partial charge in [-0.3, -0.25) is 4.79 Å². The van der Waals surface area contributed by atoms with Gasteiger partial charge < -0.3 is 19.1 Å². The molecule has 1 aliphatic heterocycles. The number of halogens is 1. The summed E-state index contributed by atoms with van der Waals surface area (Å²) in [6.07, 6.45) is 0. The standard InChI is InChI=1S/C17H16ClNO4/c1-21-14-6-13(7-15(8-14)22-2)19-9-11-5-12(18)3-4-16(11)23-10-17(19)20/h3-8H,9-10H2,1-2H3. The van der Waals surface area contributed by atoms with E-state index in [0.29, 0.717) is 34.5 Å². The minimum atomic E-state index is -0.146. The second-order valence-electron chi connectivity index (χ2n) is 5.09. The van der Waals surface area contributed by atoms with E-state index in [-0.39, 0.29) is 12.5 Å². The molecule has 1 aliphatic rings. The van der Waals surface area contributed by atoms with Crippen molar-refractivity contribution in [1.29, 1.82) is 0 Å². The number of hydrogen-bond donors (Lipinski definition) is 0. The Balaban J connectivity index is 2.02. The van der Waals surface area contributed by atoms with E-state index in [0.717, 1.165) is 5.56 Å². The average Bonchev–Trinajstić information content (AvgIpc) is 2.73. The Morgan fingerprint density at radius 1 is 1.09 bits per heavy atom. The van der Waals surface area contributed by atoms with Gasteiger partial charge in [0.1, 0.15) is 17.2 Å². The Labute approximate surface area is 139 Å². The second kappa shape index (κ2) is 6.38. The molecule has 0 unspecified atom stereocenters. The molecule has 120 valence electrons. The fourth-order valence-electron chi connectivity index (χ4n) is 2.47. The molecular formula is C17H16ClNO4. The summed E-state index contributed by atoms with van der Waals surface area (Å²) in [5.74, 6) is 1.75. The average molecular weight is 334 g/mol. The summed E-state index contributed by atoms with van der Waals surface area (Å²) in [5.41, 5.74) is 1.53. The van der Waals surface area contributed by atoms with Gasteiger partial charge in [-0.2, -0.15) is 0 Å². The number of hydrogen-bond acceptors (Lipinski definition) is 4. The highest BCUT2D eigenvalue weighted by molar-refractivity contribution is 6.30. The molecule has 0 aliphatic carbocycles. The lowest BCUT2D eigenvalue weighted by Gasteiger charge is -2.21. The quantitative estimate of drug-likeness (QED) is 0.865. The van der Waals surface area contributed by atoms with E-state index in [9.17, 15) is 4.79 Å². The Morgan fingerprint density at radius 3 is 2.43 bits per heavy atom. The van der Waals surface area contributed by atoms with E-state index < -0.39 is 0 Å². The minimum Gasteiger partial charge on any atom is -0.497 e. The molecule has 0 N–H and O–H groups in total. The first-order valence-corrected chi connectivity index (χ1v) is 7.43. The van der Waals surface area contributed by atoms with Gasteiger partial charge in [-0.15, -0.1) is 0 Å². The zero-order valence-electron chi connectivity index (χ0n) is 12.8. The van der Waals surface area contributed by atoms with Gasteiger partial charge in [0.15, 0.2) is 6.61 Å². The number of carbonyl (C=O) groups is 1. The zero-order valence-corrected chi connectivity index (χ0v) is 13.6. The maximum Gasteiger partial charge on any atom is 0.265 e. The van der Waals surface area contributed by atoms with Gasteiger partial charge in [0.25, 0.3) is 5.91 Å². The topological polar surface area (TPSA) is 48.0 Å². The highest BCUT2D eigenvalue weighted by Crippen LogP contribution is 2.33. The van der Waals surface area contributed by atoms with Gasteiger partial charge in [0.2, 0.25) is 0 Å². The molecule has 2 aromatic carbocycles. The first-order valence-electron chi connectivity index (χ1n) is 7.05. The van der Waals surface area contributed by atoms with E-state index >= 15 is 0 Å². The van der Waals surface area contributed by atoms with E-state index in [4.69, 9.17) is 25.8 Å². The number of carbonyl (C=O) groups excluding carboxylic acids is 1. The van der Waals surface area contributed by atoms with Crippen LogP contribution in [0.1, 0.15) is 5.56 Å². The van der Waals surface area contributed by atoms with E-state index in [2.05, 4.69) is 0 Å². The number of methoxy groups -OCH3 is 2. The number of fused-ring (bicyclic) bond motifs is 1. The lowest BCUT2D eigenvalue weighted by molar-refractivity contribution is -0.120. The van der Waals surface area contributed by atoms with Crippen LogP contribution >= 0.6 is 11.6 Å². The molecule has 1 heterocycles. The molecule has 0 saturated carbocycles. The minimum absolute atomic E-state index is 0.0336. The van der Waals surface area contributed by atoms with Crippen molar-refractivity contribution >= 4 is 23.2 Å². The van der Waals surface area contributed by atoms with Crippen LogP contribution in [0, 0.1) is 0 Å². The number of amides is 1. The van der Waals surface area contributed by atoms with Crippen LogP contribution in [0.5, 0.6) is 17.2 Å². The van der Waals surface area contributed by atoms with Gasteiger partial charge in [0.05, 0.1) is 26.5 Å². The third-order valence-electron chi connectivity index (χ3n) is 3.65. The Bertz CT molecular complexity index is 725. The van der Waals surface area contributed by atoms with Crippen LogP contribution in [0.2, 0.25) is 5.02 Å². The van der Waals surface area contributed by atoms with E-state index in [1.54, 1.807) is 55.5 Å². The van der Waals surface area contributed by atoms with Gasteiger partial charge >= 0.3 is 0 Å². The van der Waals surface area contributed by atoms with Crippen LogP contribution in [-0.4, -0.2) is 26.7 Å². The highest BCUT2D eigenvalue weighted by atomic mass is 35.5. The van der Waals surface area contributed by atoms with Crippen molar-refractivity contribution in [1.82, 2.24) is 0 Å². The Kier molecular flexibility index (Phi) is 4.30. The van der Waals surface area contributed by atoms with Crippen LogP contribution in [-0.2, 0) is 11.3 Å². The smallest absolute Gasteiger partial charge is 0.265 e. The SMILES string of the molecule is COc1cc(OC)cc(N2Cc3cc(Cl)ccc3OCC2=O)c1. The summed E-state index contributed by atoms with van der Waals surface area (Å²) in [6.45, 7) is 0.333. The van der Waals surface area contributed by atoms with Crippen molar-refractivity contribution in [2.45, 2.75) is 6.54 Å². The lowest BCUT2D eigenvalue weighted by Crippen LogP contribution is -2.32. The normalized spacial score (nSPS) is 13.9. The van der Waals surface area contributed by atoms with Crippen molar-refractivity contribution in [3.8, 4) is 17.2 Å². The molecule has 5 nitrogen and oxygen atoms in total. The monoisotopic (exact) mass is 333 g/mol. The molecule has 0 atom stereocenters. The Hall–Kier alpha value is -2.40. The molecule has 0 spiro atoms. The van der Waals surface area contributed by atoms with E-state index in [1.807, 2.05) is 0 Å². The third kappa shape index (κ3) is 3.19. The summed E-state index contributed by atoms with van der Waals surface area (Å²) in [5, 5.41) is 0.602. The van der Waals surface area contributed by atoms with Crippen molar-refractivity contribution in [2.75, 3.05) is 25.7 Å². The lowest BCUT2D eigenvalue weighted by atomic mass is 10.1. The molecule has 2 aromatic rings. The summed E-state index contributed by atoms with van der Waals surface area (Å²) >= 11 is 6.06. The summed E-state index contributed by atoms with van der Waals surface area (Å²) in [4.78, 5) is 14.1. The summed E-state index contributed by atoms with van der Waals surface area (Å²) < 4.78 is 16.1. The maximum absolute atomic E-state index is 12.5. The molecule has 6 heteroatoms. The molecule has 0 radical (unpaired) electrons. The van der Waals surface area contributed by atoms with Gasteiger partial charge in [-0.25, -0.2) is 0 Å². The molecule has 1 amide bonds. The largest absolute Gasteiger partial charge is 0.497 e. The first-order chi connectivity index (χ1) is 11.1. The van der Waals surface area contributed by atoms with Gasteiger partial charge in [0, 0.05) is 28.8 Å². The summed E-state index contributed by atoms with van der Waals surface area (Å²) in [7, 11) is 3.14. The third-order valence-corrected chi connectivity index (χ3v) is 3.89. The van der Waals surface area contributed by atoms with Gasteiger partial charge in [-0.05, 0) is 18.2 Å². The second-order valence-corrected chi connectivity index (χ2v) is 5.53. The van der Waals surface area contributed by atoms with Gasteiger partial charge in [-0.1, -0.05) is 11.6 Å². The van der Waals surface area contributed by atoms with Crippen LogP contribution in [0.15, 0.2) is 36.4 Å². The molecule has 0 bridgehead atoms. The van der Waals surface area contributed by atoms with E-state index in [1.165, 1.54) is 0 Å². The number of nitrogens with zero attached hydrogens (tertiary/aromatic N) is 1.